The highest BCUT2D eigenvalue weighted by molar-refractivity contribution is 5.67. The largest absolute Gasteiger partial charge is 0.444 e. The van der Waals surface area contributed by atoms with Crippen molar-refractivity contribution in [3.8, 4) is 0 Å². The lowest BCUT2D eigenvalue weighted by Crippen LogP contribution is -2.38. The van der Waals surface area contributed by atoms with E-state index in [4.69, 9.17) is 15.0 Å². The Bertz CT molecular complexity index is 268. The minimum absolute atomic E-state index is 0.169. The van der Waals surface area contributed by atoms with Gasteiger partial charge in [-0.05, 0) is 26.3 Å². The van der Waals surface area contributed by atoms with E-state index in [0.717, 1.165) is 0 Å². The summed E-state index contributed by atoms with van der Waals surface area (Å²) in [6.45, 7) is 5.74. The van der Waals surface area contributed by atoms with Gasteiger partial charge in [-0.2, -0.15) is 0 Å². The lowest BCUT2D eigenvalue weighted by molar-refractivity contribution is 0.0465. The van der Waals surface area contributed by atoms with E-state index in [1.807, 2.05) is 0 Å². The molecule has 0 heterocycles. The second-order valence-electron chi connectivity index (χ2n) is 4.15. The quantitative estimate of drug-likeness (QED) is 0.443. The first-order chi connectivity index (χ1) is 7.39. The lowest BCUT2D eigenvalue weighted by atomic mass is 10.2. The van der Waals surface area contributed by atoms with Gasteiger partial charge in [0.05, 0.1) is 12.6 Å². The second-order valence-corrected chi connectivity index (χ2v) is 4.15. The molecule has 0 rings (SSSR count). The zero-order valence-corrected chi connectivity index (χ0v) is 10.1. The van der Waals surface area contributed by atoms with Gasteiger partial charge in [-0.15, -0.1) is 0 Å². The Balaban J connectivity index is 3.92. The number of nitrogens with zero attached hydrogens (tertiary/aromatic N) is 3. The molecule has 0 bridgehead atoms. The van der Waals surface area contributed by atoms with Crippen LogP contribution in [-0.4, -0.2) is 38.0 Å². The summed E-state index contributed by atoms with van der Waals surface area (Å²) in [6.07, 6.45) is -0.862. The topological polar surface area (TPSA) is 96.3 Å². The van der Waals surface area contributed by atoms with Crippen LogP contribution in [0.3, 0.4) is 0 Å². The van der Waals surface area contributed by atoms with Crippen LogP contribution in [0, 0.1) is 0 Å². The van der Waals surface area contributed by atoms with Crippen molar-refractivity contribution in [2.75, 3.05) is 20.2 Å². The molecule has 0 aromatic rings. The van der Waals surface area contributed by atoms with Crippen LogP contribution in [0.4, 0.5) is 4.79 Å². The van der Waals surface area contributed by atoms with Crippen LogP contribution in [0.5, 0.6) is 0 Å². The van der Waals surface area contributed by atoms with Gasteiger partial charge in [0.15, 0.2) is 0 Å². The summed E-state index contributed by atoms with van der Waals surface area (Å²) in [4.78, 5) is 13.9. The Hall–Kier alpha value is -1.46. The normalized spacial score (nSPS) is 12.5. The van der Waals surface area contributed by atoms with Crippen molar-refractivity contribution in [2.45, 2.75) is 32.5 Å². The van der Waals surface area contributed by atoms with Gasteiger partial charge in [-0.1, -0.05) is 5.11 Å². The summed E-state index contributed by atoms with van der Waals surface area (Å²) in [5, 5.41) is 5.89. The molecule has 0 spiro atoms. The number of rotatable bonds is 5. The first kappa shape index (κ1) is 14.5. The predicted octanol–water partition coefficient (Wildman–Crippen LogP) is 1.84. The van der Waals surface area contributed by atoms with Crippen LogP contribution in [0.2, 0.25) is 0 Å². The molecule has 0 aliphatic rings. The number of methoxy groups -OCH3 is 1. The number of alkyl carbamates (subject to hydrolysis) is 1. The predicted molar refractivity (Wildman–Crippen MR) is 59.0 cm³/mol. The Morgan fingerprint density at radius 1 is 1.56 bits per heavy atom. The minimum Gasteiger partial charge on any atom is -0.444 e. The maximum absolute atomic E-state index is 11.3. The number of carbonyl (C=O) groups excluding carboxylic acids is 1. The van der Waals surface area contributed by atoms with Crippen molar-refractivity contribution in [1.29, 1.82) is 0 Å². The van der Waals surface area contributed by atoms with Crippen molar-refractivity contribution in [2.24, 2.45) is 5.11 Å². The Labute approximate surface area is 94.7 Å². The van der Waals surface area contributed by atoms with Gasteiger partial charge < -0.3 is 14.8 Å². The smallest absolute Gasteiger partial charge is 0.407 e. The molecule has 1 N–H and O–H groups in total. The van der Waals surface area contributed by atoms with Crippen LogP contribution in [0.1, 0.15) is 20.8 Å². The van der Waals surface area contributed by atoms with Gasteiger partial charge >= 0.3 is 6.09 Å². The van der Waals surface area contributed by atoms with Gasteiger partial charge in [-0.3, -0.25) is 0 Å². The summed E-state index contributed by atoms with van der Waals surface area (Å²) in [6, 6.07) is 0. The van der Waals surface area contributed by atoms with Crippen LogP contribution < -0.4 is 5.32 Å². The van der Waals surface area contributed by atoms with Crippen LogP contribution in [0.25, 0.3) is 10.4 Å². The van der Waals surface area contributed by atoms with Gasteiger partial charge in [0.25, 0.3) is 0 Å². The fraction of sp³-hybridized carbons (Fsp3) is 0.889. The molecule has 0 fully saturated rings. The van der Waals surface area contributed by atoms with E-state index in [9.17, 15) is 4.79 Å². The Morgan fingerprint density at radius 3 is 2.62 bits per heavy atom. The maximum Gasteiger partial charge on any atom is 0.407 e. The van der Waals surface area contributed by atoms with Gasteiger partial charge in [-0.25, -0.2) is 4.79 Å². The van der Waals surface area contributed by atoms with E-state index in [1.54, 1.807) is 20.8 Å². The maximum atomic E-state index is 11.3. The van der Waals surface area contributed by atoms with E-state index >= 15 is 0 Å². The number of hydrogen-bond donors (Lipinski definition) is 1. The molecule has 0 aliphatic carbocycles. The van der Waals surface area contributed by atoms with Crippen molar-refractivity contribution >= 4 is 6.09 Å². The SMILES string of the molecule is COC(CN=[N+]=[N-])CNC(=O)OC(C)(C)C. The summed E-state index contributed by atoms with van der Waals surface area (Å²) < 4.78 is 10.0. The molecule has 0 radical (unpaired) electrons. The van der Waals surface area contributed by atoms with E-state index < -0.39 is 11.7 Å². The summed E-state index contributed by atoms with van der Waals surface area (Å²) >= 11 is 0. The van der Waals surface area contributed by atoms with Crippen molar-refractivity contribution in [1.82, 2.24) is 5.32 Å². The third-order valence-electron chi connectivity index (χ3n) is 1.55. The standard InChI is InChI=1S/C9H18N4O3/c1-9(2,3)16-8(14)11-5-7(15-4)6-12-13-10/h7H,5-6H2,1-4H3,(H,11,14). The molecular weight excluding hydrogens is 212 g/mol. The molecule has 1 atom stereocenters. The van der Waals surface area contributed by atoms with Crippen molar-refractivity contribution in [3.05, 3.63) is 10.4 Å². The molecule has 0 aromatic heterocycles. The molecular formula is C9H18N4O3. The number of amides is 1. The number of nitrogens with one attached hydrogen (secondary N) is 1. The first-order valence-electron chi connectivity index (χ1n) is 4.89. The van der Waals surface area contributed by atoms with Crippen molar-refractivity contribution < 1.29 is 14.3 Å². The van der Waals surface area contributed by atoms with Crippen LogP contribution in [-0.2, 0) is 9.47 Å². The number of azide groups is 1. The second kappa shape index (κ2) is 6.92. The van der Waals surface area contributed by atoms with Gasteiger partial charge in [0, 0.05) is 18.6 Å². The molecule has 7 heteroatoms. The Kier molecular flexibility index (Phi) is 6.29. The van der Waals surface area contributed by atoms with Crippen LogP contribution in [0.15, 0.2) is 5.11 Å². The molecule has 7 nitrogen and oxygen atoms in total. The number of carbonyl (C=O) groups is 1. The highest BCUT2D eigenvalue weighted by Crippen LogP contribution is 2.06. The van der Waals surface area contributed by atoms with Gasteiger partial charge in [0.1, 0.15) is 5.60 Å². The lowest BCUT2D eigenvalue weighted by Gasteiger charge is -2.21. The summed E-state index contributed by atoms with van der Waals surface area (Å²) in [5.74, 6) is 0. The monoisotopic (exact) mass is 230 g/mol. The highest BCUT2D eigenvalue weighted by Gasteiger charge is 2.16. The molecule has 92 valence electrons. The minimum atomic E-state index is -0.530. The molecule has 0 aromatic carbocycles. The fourth-order valence-electron chi connectivity index (χ4n) is 0.861. The van der Waals surface area contributed by atoms with Gasteiger partial charge in [0.2, 0.25) is 0 Å². The average molecular weight is 230 g/mol. The Morgan fingerprint density at radius 2 is 2.19 bits per heavy atom. The third kappa shape index (κ3) is 7.90. The molecule has 1 unspecified atom stereocenters. The first-order valence-corrected chi connectivity index (χ1v) is 4.89. The highest BCUT2D eigenvalue weighted by atomic mass is 16.6. The van der Waals surface area contributed by atoms with E-state index in [0.29, 0.717) is 0 Å². The number of ether oxygens (including phenoxy) is 2. The molecule has 0 saturated heterocycles. The van der Waals surface area contributed by atoms with E-state index in [1.165, 1.54) is 7.11 Å². The fourth-order valence-corrected chi connectivity index (χ4v) is 0.861. The zero-order valence-electron chi connectivity index (χ0n) is 10.1. The molecule has 0 saturated carbocycles. The molecule has 0 aliphatic heterocycles. The molecule has 16 heavy (non-hydrogen) atoms. The van der Waals surface area contributed by atoms with Crippen LogP contribution >= 0.6 is 0 Å². The molecule has 1 amide bonds. The van der Waals surface area contributed by atoms with E-state index in [-0.39, 0.29) is 19.2 Å². The average Bonchev–Trinajstić information content (AvgIpc) is 2.15. The summed E-state index contributed by atoms with van der Waals surface area (Å²) in [7, 11) is 1.48. The summed E-state index contributed by atoms with van der Waals surface area (Å²) in [5.41, 5.74) is 7.60. The number of hydrogen-bond acceptors (Lipinski definition) is 4. The zero-order chi connectivity index (χ0) is 12.6. The third-order valence-corrected chi connectivity index (χ3v) is 1.55. The van der Waals surface area contributed by atoms with E-state index in [2.05, 4.69) is 15.3 Å². The van der Waals surface area contributed by atoms with Crippen molar-refractivity contribution in [3.63, 3.8) is 0 Å².